The molecule has 0 saturated heterocycles. The Balaban J connectivity index is 2.43. The maximum atomic E-state index is 9.64. The molecule has 2 aromatic rings. The fourth-order valence-corrected chi connectivity index (χ4v) is 2.61. The summed E-state index contributed by atoms with van der Waals surface area (Å²) in [4.78, 5) is 3.12. The van der Waals surface area contributed by atoms with Gasteiger partial charge in [-0.2, -0.15) is 0 Å². The van der Waals surface area contributed by atoms with Crippen LogP contribution in [0.15, 0.2) is 24.3 Å². The number of aromatic amines is 1. The fourth-order valence-electron chi connectivity index (χ4n) is 1.57. The lowest BCUT2D eigenvalue weighted by Crippen LogP contribution is -1.99. The molecule has 0 fully saturated rings. The van der Waals surface area contributed by atoms with E-state index in [1.807, 2.05) is 24.3 Å². The van der Waals surface area contributed by atoms with Gasteiger partial charge >= 0.3 is 0 Å². The summed E-state index contributed by atoms with van der Waals surface area (Å²) < 4.78 is 0.480. The molecule has 0 amide bonds. The number of hydrogen-bond donors (Lipinski definition) is 3. The number of nitrogens with one attached hydrogen (secondary N) is 2. The van der Waals surface area contributed by atoms with Gasteiger partial charge < -0.3 is 10.1 Å². The molecule has 0 saturated carbocycles. The van der Waals surface area contributed by atoms with Crippen LogP contribution in [0.2, 0.25) is 0 Å². The van der Waals surface area contributed by atoms with Crippen LogP contribution in [0.5, 0.6) is 5.88 Å². The van der Waals surface area contributed by atoms with Gasteiger partial charge in [0.25, 0.3) is 0 Å². The highest BCUT2D eigenvalue weighted by Gasteiger charge is 2.13. The van der Waals surface area contributed by atoms with Crippen molar-refractivity contribution in [3.8, 4) is 5.88 Å². The zero-order valence-electron chi connectivity index (χ0n) is 9.28. The summed E-state index contributed by atoms with van der Waals surface area (Å²) >= 11 is 6.16. The van der Waals surface area contributed by atoms with E-state index in [1.165, 1.54) is 16.9 Å². The van der Waals surface area contributed by atoms with Gasteiger partial charge in [-0.15, -0.1) is 0 Å². The minimum absolute atomic E-state index is 0.0214. The van der Waals surface area contributed by atoms with Crippen LogP contribution in [0.1, 0.15) is 22.9 Å². The summed E-state index contributed by atoms with van der Waals surface area (Å²) in [6.07, 6.45) is 0.927. The number of thiazole rings is 1. The quantitative estimate of drug-likeness (QED) is 0.587. The molecule has 0 atom stereocenters. The largest absolute Gasteiger partial charge is 0.493 e. The third kappa shape index (κ3) is 2.45. The molecular weight excluding hydrogens is 252 g/mol. The first kappa shape index (κ1) is 12.0. The predicted octanol–water partition coefficient (Wildman–Crippen LogP) is 3.49. The summed E-state index contributed by atoms with van der Waals surface area (Å²) in [6.45, 7) is 2.07. The standard InChI is InChI=1S/C12H12N2OS2/c1-2-7-4-3-5-8(6-7)9(13)10-11(15)14-12(16)17-10/h3-6,13,15H,2H2,1H3,(H,14,16). The molecule has 0 spiro atoms. The van der Waals surface area contributed by atoms with Crippen molar-refractivity contribution in [2.45, 2.75) is 13.3 Å². The minimum atomic E-state index is -0.0214. The van der Waals surface area contributed by atoms with Crippen molar-refractivity contribution < 1.29 is 5.11 Å². The first-order valence-corrected chi connectivity index (χ1v) is 6.44. The molecule has 0 aliphatic rings. The molecule has 2 rings (SSSR count). The zero-order chi connectivity index (χ0) is 12.4. The summed E-state index contributed by atoms with van der Waals surface area (Å²) in [5.74, 6) is -0.0214. The topological polar surface area (TPSA) is 59.9 Å². The average Bonchev–Trinajstić information content (AvgIpc) is 2.67. The van der Waals surface area contributed by atoms with Crippen molar-refractivity contribution in [2.75, 3.05) is 0 Å². The lowest BCUT2D eigenvalue weighted by atomic mass is 10.0. The highest BCUT2D eigenvalue weighted by molar-refractivity contribution is 7.73. The molecule has 88 valence electrons. The van der Waals surface area contributed by atoms with E-state index in [4.69, 9.17) is 17.6 Å². The van der Waals surface area contributed by atoms with E-state index in [-0.39, 0.29) is 5.88 Å². The van der Waals surface area contributed by atoms with Gasteiger partial charge in [0.15, 0.2) is 3.95 Å². The Morgan fingerprint density at radius 2 is 2.29 bits per heavy atom. The Morgan fingerprint density at radius 3 is 2.88 bits per heavy atom. The van der Waals surface area contributed by atoms with Gasteiger partial charge in [-0.25, -0.2) is 0 Å². The molecule has 0 radical (unpaired) electrons. The Kier molecular flexibility index (Phi) is 3.40. The molecule has 17 heavy (non-hydrogen) atoms. The number of H-pyrrole nitrogens is 1. The Hall–Kier alpha value is -1.46. The van der Waals surface area contributed by atoms with Crippen LogP contribution in [0.25, 0.3) is 0 Å². The number of aromatic hydroxyl groups is 1. The SMILES string of the molecule is CCc1cccc(C(=N)c2sc(=S)[nH]c2O)c1. The van der Waals surface area contributed by atoms with Crippen LogP contribution < -0.4 is 0 Å². The second-order valence-electron chi connectivity index (χ2n) is 3.62. The van der Waals surface area contributed by atoms with Crippen molar-refractivity contribution in [3.05, 3.63) is 44.2 Å². The lowest BCUT2D eigenvalue weighted by Gasteiger charge is -2.04. The molecule has 5 heteroatoms. The maximum Gasteiger partial charge on any atom is 0.210 e. The van der Waals surface area contributed by atoms with Gasteiger partial charge in [0.1, 0.15) is 4.88 Å². The third-order valence-corrected chi connectivity index (χ3v) is 3.72. The monoisotopic (exact) mass is 264 g/mol. The molecule has 3 nitrogen and oxygen atoms in total. The Bertz CT molecular complexity index is 613. The first-order valence-electron chi connectivity index (χ1n) is 5.22. The second kappa shape index (κ2) is 4.81. The van der Waals surface area contributed by atoms with Gasteiger partial charge in [-0.05, 0) is 30.3 Å². The molecule has 1 aromatic heterocycles. The molecule has 0 unspecified atom stereocenters. The second-order valence-corrected chi connectivity index (χ2v) is 5.31. The summed E-state index contributed by atoms with van der Waals surface area (Å²) in [5, 5.41) is 17.7. The van der Waals surface area contributed by atoms with Crippen molar-refractivity contribution in [2.24, 2.45) is 0 Å². The lowest BCUT2D eigenvalue weighted by molar-refractivity contribution is 0.456. The van der Waals surface area contributed by atoms with Crippen molar-refractivity contribution in [1.82, 2.24) is 4.98 Å². The van der Waals surface area contributed by atoms with E-state index in [0.29, 0.717) is 14.5 Å². The van der Waals surface area contributed by atoms with Gasteiger partial charge in [0.2, 0.25) is 5.88 Å². The average molecular weight is 264 g/mol. The molecule has 0 bridgehead atoms. The van der Waals surface area contributed by atoms with Crippen LogP contribution in [0, 0.1) is 9.36 Å². The normalized spacial score (nSPS) is 10.4. The van der Waals surface area contributed by atoms with Crippen LogP contribution in [-0.4, -0.2) is 15.8 Å². The highest BCUT2D eigenvalue weighted by Crippen LogP contribution is 2.24. The van der Waals surface area contributed by atoms with Crippen molar-refractivity contribution in [3.63, 3.8) is 0 Å². The van der Waals surface area contributed by atoms with Gasteiger partial charge in [0.05, 0.1) is 5.71 Å². The van der Waals surface area contributed by atoms with Crippen LogP contribution in [0.4, 0.5) is 0 Å². The smallest absolute Gasteiger partial charge is 0.210 e. The van der Waals surface area contributed by atoms with Crippen LogP contribution in [0.3, 0.4) is 0 Å². The van der Waals surface area contributed by atoms with E-state index >= 15 is 0 Å². The van der Waals surface area contributed by atoms with Gasteiger partial charge in [0, 0.05) is 5.56 Å². The van der Waals surface area contributed by atoms with E-state index in [9.17, 15) is 5.11 Å². The van der Waals surface area contributed by atoms with Crippen molar-refractivity contribution >= 4 is 29.3 Å². The molecule has 0 aliphatic carbocycles. The third-order valence-electron chi connectivity index (χ3n) is 2.48. The Morgan fingerprint density at radius 1 is 1.53 bits per heavy atom. The minimum Gasteiger partial charge on any atom is -0.493 e. The molecule has 3 N–H and O–H groups in total. The highest BCUT2D eigenvalue weighted by atomic mass is 32.1. The molecular formula is C12H12N2OS2. The number of aromatic nitrogens is 1. The van der Waals surface area contributed by atoms with E-state index in [1.54, 1.807) is 0 Å². The number of hydrogen-bond acceptors (Lipinski definition) is 4. The summed E-state index contributed by atoms with van der Waals surface area (Å²) in [5.41, 5.74) is 2.27. The number of rotatable bonds is 3. The van der Waals surface area contributed by atoms with Crippen LogP contribution >= 0.6 is 23.6 Å². The predicted molar refractivity (Wildman–Crippen MR) is 72.9 cm³/mol. The number of aryl methyl sites for hydroxylation is 1. The van der Waals surface area contributed by atoms with Gasteiger partial charge in [-0.1, -0.05) is 36.5 Å². The fraction of sp³-hybridized carbons (Fsp3) is 0.167. The zero-order valence-corrected chi connectivity index (χ0v) is 10.9. The van der Waals surface area contributed by atoms with Crippen LogP contribution in [-0.2, 0) is 6.42 Å². The summed E-state index contributed by atoms with van der Waals surface area (Å²) in [7, 11) is 0. The molecule has 1 heterocycles. The van der Waals surface area contributed by atoms with E-state index in [2.05, 4.69) is 11.9 Å². The van der Waals surface area contributed by atoms with E-state index < -0.39 is 0 Å². The summed E-state index contributed by atoms with van der Waals surface area (Å²) in [6, 6.07) is 7.77. The van der Waals surface area contributed by atoms with E-state index in [0.717, 1.165) is 12.0 Å². The maximum absolute atomic E-state index is 9.64. The molecule has 0 aliphatic heterocycles. The molecule has 1 aromatic carbocycles. The van der Waals surface area contributed by atoms with Gasteiger partial charge in [-0.3, -0.25) is 5.41 Å². The van der Waals surface area contributed by atoms with Crippen molar-refractivity contribution in [1.29, 1.82) is 5.41 Å². The first-order chi connectivity index (χ1) is 8.11. The Labute approximate surface area is 108 Å². The number of benzene rings is 1.